The molecular weight excluding hydrogens is 384 g/mol. The molecule has 0 aromatic heterocycles. The number of benzene rings is 1. The number of fused-ring (bicyclic) bond motifs is 1. The molecule has 2 aliphatic heterocycles. The first-order chi connectivity index (χ1) is 14.1. The van der Waals surface area contributed by atoms with Gasteiger partial charge in [0.2, 0.25) is 5.91 Å². The molecule has 166 valence electrons. The Kier molecular flexibility index (Phi) is 8.37. The van der Waals surface area contributed by atoms with Gasteiger partial charge in [0.1, 0.15) is 5.60 Å². The van der Waals surface area contributed by atoms with Gasteiger partial charge in [-0.1, -0.05) is 6.07 Å². The largest absolute Gasteiger partial charge is 0.462 e. The van der Waals surface area contributed by atoms with Crippen molar-refractivity contribution in [3.05, 3.63) is 29.3 Å². The number of nitrogens with one attached hydrogen (secondary N) is 2. The first kappa shape index (κ1) is 23.8. The average molecular weight is 419 g/mol. The average Bonchev–Trinajstić information content (AvgIpc) is 3.10. The van der Waals surface area contributed by atoms with E-state index in [1.54, 1.807) is 7.05 Å². The van der Waals surface area contributed by atoms with Crippen LogP contribution >= 0.6 is 0 Å². The summed E-state index contributed by atoms with van der Waals surface area (Å²) >= 11 is 0. The Morgan fingerprint density at radius 1 is 1.30 bits per heavy atom. The smallest absolute Gasteiger partial charge is 0.293 e. The van der Waals surface area contributed by atoms with Crippen LogP contribution in [0.2, 0.25) is 0 Å². The second-order valence-corrected chi connectivity index (χ2v) is 8.63. The summed E-state index contributed by atoms with van der Waals surface area (Å²) in [5, 5.41) is 6.02. The van der Waals surface area contributed by atoms with E-state index < -0.39 is 0 Å². The van der Waals surface area contributed by atoms with Crippen LogP contribution < -0.4 is 15.5 Å². The summed E-state index contributed by atoms with van der Waals surface area (Å²) in [6.07, 6.45) is 0.854. The summed E-state index contributed by atoms with van der Waals surface area (Å²) in [5.74, 6) is -0.00469. The Balaban J connectivity index is 0.000000396. The van der Waals surface area contributed by atoms with Crippen LogP contribution in [0.1, 0.15) is 43.6 Å². The monoisotopic (exact) mass is 418 g/mol. The molecule has 2 N–H and O–H groups in total. The standard InChI is InChI=1S/C17H24N4O2.C5H10O2/c1-12-10-20(8-6-19-12)11-16(22)21-7-5-13-3-4-14(9-15(13)21)17(23)18-2;1-5(2,3)7-4-6/h3-4,9,12,19H,5-8,10-11H2,1-2H3,(H,18,23);4H,1-3H3/t12-;/m1./s1. The first-order valence-electron chi connectivity index (χ1n) is 10.4. The fourth-order valence-electron chi connectivity index (χ4n) is 3.50. The number of carbonyl (C=O) groups excluding carboxylic acids is 3. The maximum atomic E-state index is 12.7. The van der Waals surface area contributed by atoms with Crippen LogP contribution in [0.3, 0.4) is 0 Å². The maximum absolute atomic E-state index is 12.7. The minimum Gasteiger partial charge on any atom is -0.462 e. The highest BCUT2D eigenvalue weighted by Gasteiger charge is 2.27. The minimum absolute atomic E-state index is 0.118. The summed E-state index contributed by atoms with van der Waals surface area (Å²) < 4.78 is 4.55. The molecule has 0 aliphatic carbocycles. The third kappa shape index (κ3) is 6.81. The summed E-state index contributed by atoms with van der Waals surface area (Å²) in [6, 6.07) is 6.03. The Hall–Kier alpha value is -2.45. The molecule has 1 fully saturated rings. The lowest BCUT2D eigenvalue weighted by molar-refractivity contribution is -0.138. The molecule has 8 heteroatoms. The number of rotatable bonds is 4. The molecule has 8 nitrogen and oxygen atoms in total. The molecule has 1 saturated heterocycles. The zero-order chi connectivity index (χ0) is 22.3. The lowest BCUT2D eigenvalue weighted by Crippen LogP contribution is -2.52. The van der Waals surface area contributed by atoms with Gasteiger partial charge < -0.3 is 20.3 Å². The van der Waals surface area contributed by atoms with Crippen LogP contribution in [0.5, 0.6) is 0 Å². The van der Waals surface area contributed by atoms with E-state index in [-0.39, 0.29) is 17.4 Å². The molecule has 0 bridgehead atoms. The third-order valence-electron chi connectivity index (χ3n) is 4.98. The molecule has 2 amide bonds. The first-order valence-corrected chi connectivity index (χ1v) is 10.4. The van der Waals surface area contributed by atoms with E-state index >= 15 is 0 Å². The van der Waals surface area contributed by atoms with Crippen molar-refractivity contribution in [2.45, 2.75) is 45.8 Å². The van der Waals surface area contributed by atoms with Crippen LogP contribution in [0.25, 0.3) is 0 Å². The van der Waals surface area contributed by atoms with Crippen LogP contribution in [0.4, 0.5) is 5.69 Å². The summed E-state index contributed by atoms with van der Waals surface area (Å²) in [4.78, 5) is 38.1. The molecule has 2 aliphatic rings. The molecule has 0 radical (unpaired) electrons. The van der Waals surface area contributed by atoms with Gasteiger partial charge in [-0.3, -0.25) is 19.3 Å². The van der Waals surface area contributed by atoms with Gasteiger partial charge in [0, 0.05) is 50.5 Å². The van der Waals surface area contributed by atoms with E-state index in [0.717, 1.165) is 37.3 Å². The van der Waals surface area contributed by atoms with Gasteiger partial charge in [0.25, 0.3) is 12.4 Å². The highest BCUT2D eigenvalue weighted by atomic mass is 16.5. The van der Waals surface area contributed by atoms with E-state index in [1.807, 2.05) is 43.9 Å². The number of ether oxygens (including phenoxy) is 1. The van der Waals surface area contributed by atoms with Gasteiger partial charge in [-0.25, -0.2) is 0 Å². The predicted molar refractivity (Wildman–Crippen MR) is 117 cm³/mol. The van der Waals surface area contributed by atoms with Crippen LogP contribution in [-0.2, 0) is 20.7 Å². The van der Waals surface area contributed by atoms with Crippen molar-refractivity contribution in [3.8, 4) is 0 Å². The summed E-state index contributed by atoms with van der Waals surface area (Å²) in [5.41, 5.74) is 2.31. The molecule has 0 saturated carbocycles. The number of hydrogen-bond donors (Lipinski definition) is 2. The third-order valence-corrected chi connectivity index (χ3v) is 4.98. The lowest BCUT2D eigenvalue weighted by atomic mass is 10.1. The Bertz CT molecular complexity index is 760. The van der Waals surface area contributed by atoms with Crippen LogP contribution in [0, 0.1) is 0 Å². The van der Waals surface area contributed by atoms with Gasteiger partial charge in [0.15, 0.2) is 0 Å². The van der Waals surface area contributed by atoms with E-state index in [4.69, 9.17) is 0 Å². The van der Waals surface area contributed by atoms with Gasteiger partial charge in [-0.05, 0) is 51.8 Å². The molecule has 1 atom stereocenters. The van der Waals surface area contributed by atoms with Crippen molar-refractivity contribution in [2.75, 3.05) is 44.7 Å². The highest BCUT2D eigenvalue weighted by Crippen LogP contribution is 2.29. The molecule has 0 unspecified atom stereocenters. The number of piperazine rings is 1. The SMILES string of the molecule is CC(C)(C)OC=O.CNC(=O)c1ccc2c(c1)N(C(=O)CN1CCN[C@H](C)C1)CC2. The van der Waals surface area contributed by atoms with Crippen molar-refractivity contribution in [2.24, 2.45) is 0 Å². The van der Waals surface area contributed by atoms with Gasteiger partial charge in [0.05, 0.1) is 6.54 Å². The van der Waals surface area contributed by atoms with Crippen LogP contribution in [-0.4, -0.2) is 74.6 Å². The number of hydrogen-bond acceptors (Lipinski definition) is 6. The van der Waals surface area contributed by atoms with E-state index in [9.17, 15) is 14.4 Å². The molecule has 1 aromatic rings. The summed E-state index contributed by atoms with van der Waals surface area (Å²) in [6.45, 7) is 11.9. The van der Waals surface area contributed by atoms with Crippen molar-refractivity contribution in [3.63, 3.8) is 0 Å². The van der Waals surface area contributed by atoms with Crippen molar-refractivity contribution < 1.29 is 19.1 Å². The summed E-state index contributed by atoms with van der Waals surface area (Å²) in [7, 11) is 1.62. The molecule has 30 heavy (non-hydrogen) atoms. The lowest BCUT2D eigenvalue weighted by Gasteiger charge is -2.32. The van der Waals surface area contributed by atoms with Gasteiger partial charge in [-0.2, -0.15) is 0 Å². The predicted octanol–water partition coefficient (Wildman–Crippen LogP) is 1.19. The second kappa shape index (κ2) is 10.5. The Morgan fingerprint density at radius 3 is 2.60 bits per heavy atom. The number of nitrogens with zero attached hydrogens (tertiary/aromatic N) is 2. The van der Waals surface area contributed by atoms with Gasteiger partial charge in [-0.15, -0.1) is 0 Å². The molecule has 0 spiro atoms. The Labute approximate surface area is 178 Å². The van der Waals surface area contributed by atoms with Crippen molar-refractivity contribution in [1.82, 2.24) is 15.5 Å². The molecule has 3 rings (SSSR count). The number of carbonyl (C=O) groups is 3. The zero-order valence-corrected chi connectivity index (χ0v) is 18.7. The second-order valence-electron chi connectivity index (χ2n) is 8.63. The van der Waals surface area contributed by atoms with Crippen molar-refractivity contribution >= 4 is 24.0 Å². The normalized spacial score (nSPS) is 18.7. The highest BCUT2D eigenvalue weighted by molar-refractivity contribution is 6.00. The van der Waals surface area contributed by atoms with Crippen LogP contribution in [0.15, 0.2) is 18.2 Å². The zero-order valence-electron chi connectivity index (χ0n) is 18.7. The Morgan fingerprint density at radius 2 is 2.03 bits per heavy atom. The minimum atomic E-state index is -0.318. The number of amides is 2. The molecular formula is C22H34N4O4. The fourth-order valence-corrected chi connectivity index (χ4v) is 3.50. The maximum Gasteiger partial charge on any atom is 0.293 e. The number of anilines is 1. The van der Waals surface area contributed by atoms with E-state index in [1.165, 1.54) is 0 Å². The van der Waals surface area contributed by atoms with E-state index in [0.29, 0.717) is 31.2 Å². The van der Waals surface area contributed by atoms with Gasteiger partial charge >= 0.3 is 0 Å². The van der Waals surface area contributed by atoms with E-state index in [2.05, 4.69) is 27.2 Å². The topological polar surface area (TPSA) is 91.0 Å². The molecule has 2 heterocycles. The molecule has 1 aromatic carbocycles. The van der Waals surface area contributed by atoms with Crippen molar-refractivity contribution in [1.29, 1.82) is 0 Å². The fraction of sp³-hybridized carbons (Fsp3) is 0.591. The quantitative estimate of drug-likeness (QED) is 0.714.